The number of aliphatic carboxylic acids is 1. The van der Waals surface area contributed by atoms with Gasteiger partial charge >= 0.3 is 5.97 Å². The van der Waals surface area contributed by atoms with Gasteiger partial charge in [-0.15, -0.1) is 11.3 Å². The highest BCUT2D eigenvalue weighted by Crippen LogP contribution is 2.10. The number of hydrogen-bond donors (Lipinski definition) is 2. The lowest BCUT2D eigenvalue weighted by atomic mass is 10.1. The molecule has 6 heteroatoms. The molecule has 0 aliphatic carbocycles. The van der Waals surface area contributed by atoms with Crippen molar-refractivity contribution in [2.24, 2.45) is 0 Å². The van der Waals surface area contributed by atoms with E-state index in [0.29, 0.717) is 10.4 Å². The molecule has 2 aromatic rings. The maximum Gasteiger partial charge on any atom is 0.326 e. The number of hydrogen-bond acceptors (Lipinski definition) is 3. The topological polar surface area (TPSA) is 66.4 Å². The summed E-state index contributed by atoms with van der Waals surface area (Å²) in [5.41, 5.74) is 0.517. The minimum absolute atomic E-state index is 0.0320. The van der Waals surface area contributed by atoms with Crippen LogP contribution in [-0.4, -0.2) is 23.0 Å². The van der Waals surface area contributed by atoms with Crippen LogP contribution < -0.4 is 5.32 Å². The van der Waals surface area contributed by atoms with Gasteiger partial charge in [0, 0.05) is 6.42 Å². The summed E-state index contributed by atoms with van der Waals surface area (Å²) in [6.07, 6.45) is 0.0320. The van der Waals surface area contributed by atoms with Gasteiger partial charge in [0.15, 0.2) is 0 Å². The summed E-state index contributed by atoms with van der Waals surface area (Å²) in [7, 11) is 0. The van der Waals surface area contributed by atoms with Gasteiger partial charge in [-0.1, -0.05) is 18.2 Å². The summed E-state index contributed by atoms with van der Waals surface area (Å²) in [5, 5.41) is 13.3. The van der Waals surface area contributed by atoms with Crippen LogP contribution >= 0.6 is 11.3 Å². The number of halogens is 1. The molecule has 1 atom stereocenters. The van der Waals surface area contributed by atoms with Crippen LogP contribution in [0.2, 0.25) is 0 Å². The molecule has 0 aliphatic heterocycles. The Morgan fingerprint density at radius 3 is 2.70 bits per heavy atom. The molecule has 0 spiro atoms. The molecular weight excluding hydrogens is 281 g/mol. The Bertz CT molecular complexity index is 613. The van der Waals surface area contributed by atoms with Gasteiger partial charge in [0.1, 0.15) is 11.9 Å². The Labute approximate surface area is 118 Å². The third-order valence-corrected chi connectivity index (χ3v) is 3.55. The third kappa shape index (κ3) is 3.64. The van der Waals surface area contributed by atoms with Gasteiger partial charge in [-0.05, 0) is 29.1 Å². The van der Waals surface area contributed by atoms with Crippen molar-refractivity contribution in [1.82, 2.24) is 5.32 Å². The lowest BCUT2D eigenvalue weighted by Gasteiger charge is -2.14. The first-order chi connectivity index (χ1) is 9.56. The molecule has 1 amide bonds. The van der Waals surface area contributed by atoms with Gasteiger partial charge in [0.05, 0.1) is 4.88 Å². The van der Waals surface area contributed by atoms with Gasteiger partial charge in [0.2, 0.25) is 0 Å². The molecule has 2 rings (SSSR count). The average Bonchev–Trinajstić information content (AvgIpc) is 2.91. The molecule has 104 valence electrons. The Balaban J connectivity index is 2.08. The summed E-state index contributed by atoms with van der Waals surface area (Å²) in [6, 6.07) is 7.90. The fourth-order valence-corrected chi connectivity index (χ4v) is 2.36. The van der Waals surface area contributed by atoms with Crippen molar-refractivity contribution in [2.45, 2.75) is 12.5 Å². The van der Waals surface area contributed by atoms with Crippen molar-refractivity contribution in [3.63, 3.8) is 0 Å². The van der Waals surface area contributed by atoms with Crippen LogP contribution in [0.25, 0.3) is 0 Å². The van der Waals surface area contributed by atoms with Crippen LogP contribution in [0.1, 0.15) is 15.2 Å². The predicted molar refractivity (Wildman–Crippen MR) is 73.3 cm³/mol. The van der Waals surface area contributed by atoms with Crippen molar-refractivity contribution in [3.8, 4) is 0 Å². The number of benzene rings is 1. The lowest BCUT2D eigenvalue weighted by molar-refractivity contribution is -0.139. The monoisotopic (exact) mass is 293 g/mol. The molecule has 4 nitrogen and oxygen atoms in total. The molecule has 0 saturated carbocycles. The second-order valence-corrected chi connectivity index (χ2v) is 5.12. The molecule has 0 bridgehead atoms. The van der Waals surface area contributed by atoms with Crippen molar-refractivity contribution < 1.29 is 19.1 Å². The Morgan fingerprint density at radius 1 is 1.30 bits per heavy atom. The highest BCUT2D eigenvalue weighted by molar-refractivity contribution is 7.12. The number of carbonyl (C=O) groups excluding carboxylic acids is 1. The zero-order chi connectivity index (χ0) is 14.5. The second kappa shape index (κ2) is 6.29. The third-order valence-electron chi connectivity index (χ3n) is 2.68. The molecule has 1 heterocycles. The minimum Gasteiger partial charge on any atom is -0.480 e. The molecule has 1 aromatic carbocycles. The van der Waals surface area contributed by atoms with E-state index in [0.717, 1.165) is 0 Å². The standard InChI is InChI=1S/C14H12FNO3S/c15-10-4-1-3-9(7-10)8-11(14(18)19)16-13(17)12-5-2-6-20-12/h1-7,11H,8H2,(H,16,17)(H,18,19). The van der Waals surface area contributed by atoms with E-state index in [1.165, 1.54) is 29.5 Å². The molecule has 0 radical (unpaired) electrons. The SMILES string of the molecule is O=C(NC(Cc1cccc(F)c1)C(=O)O)c1cccs1. The van der Waals surface area contributed by atoms with Crippen molar-refractivity contribution in [2.75, 3.05) is 0 Å². The number of thiophene rings is 1. The van der Waals surface area contributed by atoms with E-state index < -0.39 is 23.7 Å². The molecule has 1 aromatic heterocycles. The fourth-order valence-electron chi connectivity index (χ4n) is 1.74. The summed E-state index contributed by atoms with van der Waals surface area (Å²) < 4.78 is 13.1. The highest BCUT2D eigenvalue weighted by Gasteiger charge is 2.21. The molecule has 20 heavy (non-hydrogen) atoms. The number of carboxylic acid groups (broad SMARTS) is 1. The number of nitrogens with one attached hydrogen (secondary N) is 1. The van der Waals surface area contributed by atoms with Crippen molar-refractivity contribution >= 4 is 23.2 Å². The quantitative estimate of drug-likeness (QED) is 0.889. The predicted octanol–water partition coefficient (Wildman–Crippen LogP) is 2.31. The molecular formula is C14H12FNO3S. The zero-order valence-electron chi connectivity index (χ0n) is 10.4. The van der Waals surface area contributed by atoms with Crippen LogP contribution in [0.5, 0.6) is 0 Å². The van der Waals surface area contributed by atoms with Crippen LogP contribution in [0.4, 0.5) is 4.39 Å². The minimum atomic E-state index is -1.15. The van der Waals surface area contributed by atoms with E-state index in [9.17, 15) is 14.0 Å². The highest BCUT2D eigenvalue weighted by atomic mass is 32.1. The normalized spacial score (nSPS) is 11.8. The molecule has 2 N–H and O–H groups in total. The van der Waals surface area contributed by atoms with Crippen LogP contribution in [0.3, 0.4) is 0 Å². The van der Waals surface area contributed by atoms with Crippen molar-refractivity contribution in [3.05, 3.63) is 58.0 Å². The maximum atomic E-state index is 13.1. The summed E-state index contributed by atoms with van der Waals surface area (Å²) in [6.45, 7) is 0. The molecule has 0 fully saturated rings. The van der Waals surface area contributed by atoms with E-state index in [2.05, 4.69) is 5.32 Å². The van der Waals surface area contributed by atoms with Crippen LogP contribution in [0, 0.1) is 5.82 Å². The smallest absolute Gasteiger partial charge is 0.326 e. The second-order valence-electron chi connectivity index (χ2n) is 4.18. The number of rotatable bonds is 5. The largest absolute Gasteiger partial charge is 0.480 e. The van der Waals surface area contributed by atoms with E-state index in [1.54, 1.807) is 23.6 Å². The lowest BCUT2D eigenvalue weighted by Crippen LogP contribution is -2.42. The van der Waals surface area contributed by atoms with E-state index >= 15 is 0 Å². The summed E-state index contributed by atoms with van der Waals surface area (Å²) in [5.74, 6) is -2.03. The first-order valence-electron chi connectivity index (χ1n) is 5.88. The Morgan fingerprint density at radius 2 is 2.10 bits per heavy atom. The molecule has 0 aliphatic rings. The van der Waals surface area contributed by atoms with E-state index in [1.807, 2.05) is 0 Å². The van der Waals surface area contributed by atoms with Gasteiger partial charge < -0.3 is 10.4 Å². The van der Waals surface area contributed by atoms with Gasteiger partial charge in [0.25, 0.3) is 5.91 Å². The number of amides is 1. The van der Waals surface area contributed by atoms with Crippen molar-refractivity contribution in [1.29, 1.82) is 0 Å². The average molecular weight is 293 g/mol. The summed E-state index contributed by atoms with van der Waals surface area (Å²) >= 11 is 1.23. The van der Waals surface area contributed by atoms with E-state index in [-0.39, 0.29) is 6.42 Å². The zero-order valence-corrected chi connectivity index (χ0v) is 11.2. The van der Waals surface area contributed by atoms with Crippen LogP contribution in [-0.2, 0) is 11.2 Å². The summed E-state index contributed by atoms with van der Waals surface area (Å²) in [4.78, 5) is 23.5. The molecule has 0 saturated heterocycles. The Hall–Kier alpha value is -2.21. The van der Waals surface area contributed by atoms with Gasteiger partial charge in [-0.3, -0.25) is 4.79 Å². The van der Waals surface area contributed by atoms with Crippen LogP contribution in [0.15, 0.2) is 41.8 Å². The molecule has 1 unspecified atom stereocenters. The van der Waals surface area contributed by atoms with E-state index in [4.69, 9.17) is 5.11 Å². The maximum absolute atomic E-state index is 13.1. The van der Waals surface area contributed by atoms with Gasteiger partial charge in [-0.2, -0.15) is 0 Å². The number of carbonyl (C=O) groups is 2. The number of carboxylic acids is 1. The first kappa shape index (κ1) is 14.2. The first-order valence-corrected chi connectivity index (χ1v) is 6.76. The fraction of sp³-hybridized carbons (Fsp3) is 0.143. The Kier molecular flexibility index (Phi) is 4.47. The van der Waals surface area contributed by atoms with Gasteiger partial charge in [-0.25, -0.2) is 9.18 Å².